The standard InChI is InChI=1S/C23H21F3N4O5/c1-2-34-22(33)18-13-28-30(20(18)23(24,25)26)16-7-3-14(4-8-16)21(32)29-15-5-9-17(10-6-15)35-12-11-19(27)31/h3-10,13H,2,11-12H2,1H3,(H2,27,31)(H,29,32). The van der Waals surface area contributed by atoms with E-state index in [2.05, 4.69) is 15.2 Å². The largest absolute Gasteiger partial charge is 0.493 e. The number of nitrogens with one attached hydrogen (secondary N) is 1. The van der Waals surface area contributed by atoms with Crippen molar-refractivity contribution in [1.29, 1.82) is 0 Å². The normalized spacial score (nSPS) is 11.1. The van der Waals surface area contributed by atoms with Crippen LogP contribution in [0.3, 0.4) is 0 Å². The monoisotopic (exact) mass is 490 g/mol. The highest BCUT2D eigenvalue weighted by Gasteiger charge is 2.41. The van der Waals surface area contributed by atoms with Gasteiger partial charge in [-0.05, 0) is 55.5 Å². The number of amides is 2. The number of esters is 1. The lowest BCUT2D eigenvalue weighted by molar-refractivity contribution is -0.143. The van der Waals surface area contributed by atoms with Crippen LogP contribution in [0.1, 0.15) is 39.8 Å². The van der Waals surface area contributed by atoms with Gasteiger partial charge in [-0.15, -0.1) is 0 Å². The maximum atomic E-state index is 13.6. The van der Waals surface area contributed by atoms with Gasteiger partial charge in [0.05, 0.1) is 31.5 Å². The van der Waals surface area contributed by atoms with E-state index in [9.17, 15) is 27.6 Å². The topological polar surface area (TPSA) is 126 Å². The lowest BCUT2D eigenvalue weighted by atomic mass is 10.1. The van der Waals surface area contributed by atoms with Crippen LogP contribution in [0, 0.1) is 0 Å². The lowest BCUT2D eigenvalue weighted by Crippen LogP contribution is -2.18. The number of carbonyl (C=O) groups excluding carboxylic acids is 3. The van der Waals surface area contributed by atoms with Crippen LogP contribution in [-0.2, 0) is 15.7 Å². The minimum atomic E-state index is -4.87. The summed E-state index contributed by atoms with van der Waals surface area (Å²) in [6.45, 7) is 1.52. The number of aromatic nitrogens is 2. The van der Waals surface area contributed by atoms with Crippen molar-refractivity contribution in [3.05, 3.63) is 71.5 Å². The molecule has 12 heteroatoms. The fraction of sp³-hybridized carbons (Fsp3) is 0.217. The molecule has 184 valence electrons. The molecule has 0 aliphatic rings. The molecule has 1 heterocycles. The van der Waals surface area contributed by atoms with Crippen molar-refractivity contribution >= 4 is 23.5 Å². The molecule has 1 aromatic heterocycles. The Morgan fingerprint density at radius 3 is 2.29 bits per heavy atom. The molecule has 9 nitrogen and oxygen atoms in total. The van der Waals surface area contributed by atoms with E-state index in [-0.39, 0.29) is 30.9 Å². The Hall–Kier alpha value is -4.35. The second-order valence-corrected chi connectivity index (χ2v) is 7.13. The summed E-state index contributed by atoms with van der Waals surface area (Å²) in [5, 5.41) is 6.35. The van der Waals surface area contributed by atoms with E-state index in [1.807, 2.05) is 0 Å². The number of rotatable bonds is 9. The number of primary amides is 1. The van der Waals surface area contributed by atoms with Gasteiger partial charge < -0.3 is 20.5 Å². The Balaban J connectivity index is 1.73. The lowest BCUT2D eigenvalue weighted by Gasteiger charge is -2.13. The molecule has 0 radical (unpaired) electrons. The fourth-order valence-corrected chi connectivity index (χ4v) is 3.04. The van der Waals surface area contributed by atoms with Gasteiger partial charge in [0.2, 0.25) is 5.91 Å². The van der Waals surface area contributed by atoms with E-state index in [1.54, 1.807) is 24.3 Å². The zero-order valence-corrected chi connectivity index (χ0v) is 18.5. The number of anilines is 1. The van der Waals surface area contributed by atoms with Crippen LogP contribution in [0.25, 0.3) is 5.69 Å². The number of hydrogen-bond donors (Lipinski definition) is 2. The number of hydrogen-bond acceptors (Lipinski definition) is 6. The highest BCUT2D eigenvalue weighted by atomic mass is 19.4. The summed E-state index contributed by atoms with van der Waals surface area (Å²) in [5.41, 5.74) is 3.70. The number of alkyl halides is 3. The first-order valence-corrected chi connectivity index (χ1v) is 10.4. The van der Waals surface area contributed by atoms with Crippen LogP contribution in [0.2, 0.25) is 0 Å². The molecule has 2 amide bonds. The van der Waals surface area contributed by atoms with Gasteiger partial charge in [-0.25, -0.2) is 9.48 Å². The highest BCUT2D eigenvalue weighted by molar-refractivity contribution is 6.04. The summed E-state index contributed by atoms with van der Waals surface area (Å²) in [6, 6.07) is 11.6. The van der Waals surface area contributed by atoms with Crippen LogP contribution in [-0.4, -0.2) is 40.8 Å². The first kappa shape index (κ1) is 25.3. The maximum absolute atomic E-state index is 13.6. The van der Waals surface area contributed by atoms with E-state index in [4.69, 9.17) is 10.5 Å². The van der Waals surface area contributed by atoms with Crippen molar-refractivity contribution in [2.75, 3.05) is 18.5 Å². The summed E-state index contributed by atoms with van der Waals surface area (Å²) in [6.07, 6.45) is -4.01. The molecule has 0 spiro atoms. The Bertz CT molecular complexity index is 1210. The molecule has 0 saturated carbocycles. The number of halogens is 3. The zero-order valence-electron chi connectivity index (χ0n) is 18.5. The summed E-state index contributed by atoms with van der Waals surface area (Å²) >= 11 is 0. The van der Waals surface area contributed by atoms with E-state index in [0.29, 0.717) is 16.1 Å². The first-order chi connectivity index (χ1) is 16.6. The van der Waals surface area contributed by atoms with Gasteiger partial charge in [-0.2, -0.15) is 18.3 Å². The molecule has 3 N–H and O–H groups in total. The number of ether oxygens (including phenoxy) is 2. The van der Waals surface area contributed by atoms with Gasteiger partial charge in [0, 0.05) is 11.3 Å². The van der Waals surface area contributed by atoms with E-state index >= 15 is 0 Å². The molecular weight excluding hydrogens is 469 g/mol. The fourth-order valence-electron chi connectivity index (χ4n) is 3.04. The molecule has 0 fully saturated rings. The molecular formula is C23H21F3N4O5. The van der Waals surface area contributed by atoms with Gasteiger partial charge in [0.15, 0.2) is 5.69 Å². The first-order valence-electron chi connectivity index (χ1n) is 10.4. The van der Waals surface area contributed by atoms with E-state index in [1.165, 1.54) is 31.2 Å². The van der Waals surface area contributed by atoms with Crippen molar-refractivity contribution in [1.82, 2.24) is 9.78 Å². The Morgan fingerprint density at radius 2 is 1.71 bits per heavy atom. The third-order valence-corrected chi connectivity index (χ3v) is 4.64. The second-order valence-electron chi connectivity index (χ2n) is 7.13. The number of benzene rings is 2. The molecule has 0 aliphatic heterocycles. The van der Waals surface area contributed by atoms with Gasteiger partial charge in [-0.1, -0.05) is 0 Å². The van der Waals surface area contributed by atoms with Crippen LogP contribution in [0.4, 0.5) is 18.9 Å². The average Bonchev–Trinajstić information content (AvgIpc) is 3.26. The van der Waals surface area contributed by atoms with Crippen molar-refractivity contribution in [3.8, 4) is 11.4 Å². The minimum absolute atomic E-state index is 0.00175. The van der Waals surface area contributed by atoms with E-state index in [0.717, 1.165) is 6.20 Å². The molecule has 0 aliphatic carbocycles. The zero-order chi connectivity index (χ0) is 25.6. The number of nitrogens with zero attached hydrogens (tertiary/aromatic N) is 2. The summed E-state index contributed by atoms with van der Waals surface area (Å²) < 4.78 is 51.6. The molecule has 2 aromatic carbocycles. The predicted molar refractivity (Wildman–Crippen MR) is 118 cm³/mol. The second kappa shape index (κ2) is 10.7. The van der Waals surface area contributed by atoms with Gasteiger partial charge in [-0.3, -0.25) is 9.59 Å². The van der Waals surface area contributed by atoms with Crippen LogP contribution in [0.5, 0.6) is 5.75 Å². The molecule has 35 heavy (non-hydrogen) atoms. The minimum Gasteiger partial charge on any atom is -0.493 e. The van der Waals surface area contributed by atoms with Gasteiger partial charge >= 0.3 is 12.1 Å². The van der Waals surface area contributed by atoms with Crippen molar-refractivity contribution < 1.29 is 37.0 Å². The molecule has 0 unspecified atom stereocenters. The summed E-state index contributed by atoms with van der Waals surface area (Å²) in [5.74, 6) is -1.63. The third kappa shape index (κ3) is 6.37. The van der Waals surface area contributed by atoms with Crippen LogP contribution in [0.15, 0.2) is 54.7 Å². The quantitative estimate of drug-likeness (QED) is 0.442. The Kier molecular flexibility index (Phi) is 7.74. The molecule has 0 atom stereocenters. The highest BCUT2D eigenvalue weighted by Crippen LogP contribution is 2.34. The molecule has 3 aromatic rings. The SMILES string of the molecule is CCOC(=O)c1cnn(-c2ccc(C(=O)Nc3ccc(OCCC(N)=O)cc3)cc2)c1C(F)(F)F. The third-order valence-electron chi connectivity index (χ3n) is 4.64. The number of carbonyl (C=O) groups is 3. The number of nitrogens with two attached hydrogens (primary N) is 1. The average molecular weight is 490 g/mol. The summed E-state index contributed by atoms with van der Waals surface area (Å²) in [4.78, 5) is 35.2. The molecule has 0 saturated heterocycles. The smallest absolute Gasteiger partial charge is 0.434 e. The maximum Gasteiger partial charge on any atom is 0.434 e. The Morgan fingerprint density at radius 1 is 1.06 bits per heavy atom. The van der Waals surface area contributed by atoms with Crippen molar-refractivity contribution in [3.63, 3.8) is 0 Å². The molecule has 0 bridgehead atoms. The molecule has 3 rings (SSSR count). The van der Waals surface area contributed by atoms with Crippen molar-refractivity contribution in [2.24, 2.45) is 5.73 Å². The van der Waals surface area contributed by atoms with Crippen LogP contribution >= 0.6 is 0 Å². The van der Waals surface area contributed by atoms with Gasteiger partial charge in [0.1, 0.15) is 11.3 Å². The predicted octanol–water partition coefficient (Wildman–Crippen LogP) is 3.57. The van der Waals surface area contributed by atoms with E-state index < -0.39 is 35.2 Å². The summed E-state index contributed by atoms with van der Waals surface area (Å²) in [7, 11) is 0. The van der Waals surface area contributed by atoms with Gasteiger partial charge in [0.25, 0.3) is 5.91 Å². The van der Waals surface area contributed by atoms with Crippen LogP contribution < -0.4 is 15.8 Å². The Labute approximate surface area is 197 Å². The van der Waals surface area contributed by atoms with Crippen molar-refractivity contribution in [2.45, 2.75) is 19.5 Å².